The van der Waals surface area contributed by atoms with E-state index in [1.807, 2.05) is 25.2 Å². The van der Waals surface area contributed by atoms with Crippen LogP contribution in [0.4, 0.5) is 0 Å². The van der Waals surface area contributed by atoms with Crippen molar-refractivity contribution in [2.24, 2.45) is 0 Å². The van der Waals surface area contributed by atoms with Gasteiger partial charge in [0.2, 0.25) is 0 Å². The summed E-state index contributed by atoms with van der Waals surface area (Å²) in [6, 6.07) is 10.4. The lowest BCUT2D eigenvalue weighted by molar-refractivity contribution is 0.596. The van der Waals surface area contributed by atoms with E-state index in [1.165, 1.54) is 10.9 Å². The van der Waals surface area contributed by atoms with E-state index in [4.69, 9.17) is 6.42 Å². The highest BCUT2D eigenvalue weighted by atomic mass is 14.9. The highest BCUT2D eigenvalue weighted by Crippen LogP contribution is 2.22. The summed E-state index contributed by atoms with van der Waals surface area (Å²) in [5.41, 5.74) is 3.28. The average Bonchev–Trinajstić information content (AvgIpc) is 2.36. The van der Waals surface area contributed by atoms with Crippen molar-refractivity contribution in [1.29, 1.82) is 0 Å². The van der Waals surface area contributed by atoms with E-state index in [1.54, 1.807) is 0 Å². The van der Waals surface area contributed by atoms with E-state index in [9.17, 15) is 0 Å². The van der Waals surface area contributed by atoms with Crippen LogP contribution in [0.2, 0.25) is 0 Å². The maximum Gasteiger partial charge on any atom is 0.0708 e. The molecule has 1 N–H and O–H groups in total. The molecule has 0 spiro atoms. The quantitative estimate of drug-likeness (QED) is 0.811. The van der Waals surface area contributed by atoms with Crippen molar-refractivity contribution in [3.63, 3.8) is 0 Å². The third kappa shape index (κ3) is 2.30. The van der Waals surface area contributed by atoms with Crippen molar-refractivity contribution in [1.82, 2.24) is 10.3 Å². The molecule has 17 heavy (non-hydrogen) atoms. The van der Waals surface area contributed by atoms with Crippen molar-refractivity contribution in [2.45, 2.75) is 19.4 Å². The molecule has 86 valence electrons. The standard InChI is InChI=1S/C15H16N2/c1-4-7-14(16-3)15-10-11(2)12-8-5-6-9-13(12)17-15/h1,5-6,8-10,14,16H,7H2,2-3H3. The number of pyridine rings is 1. The van der Waals surface area contributed by atoms with Gasteiger partial charge in [-0.3, -0.25) is 4.98 Å². The molecule has 1 heterocycles. The lowest BCUT2D eigenvalue weighted by Gasteiger charge is -2.14. The number of fused-ring (bicyclic) bond motifs is 1. The maximum atomic E-state index is 5.38. The number of para-hydroxylation sites is 1. The Morgan fingerprint density at radius 3 is 2.88 bits per heavy atom. The zero-order valence-corrected chi connectivity index (χ0v) is 10.2. The Labute approximate surface area is 102 Å². The number of benzene rings is 1. The van der Waals surface area contributed by atoms with E-state index < -0.39 is 0 Å². The monoisotopic (exact) mass is 224 g/mol. The third-order valence-electron chi connectivity index (χ3n) is 2.97. The Balaban J connectivity index is 2.53. The highest BCUT2D eigenvalue weighted by Gasteiger charge is 2.11. The van der Waals surface area contributed by atoms with Gasteiger partial charge in [0.1, 0.15) is 0 Å². The van der Waals surface area contributed by atoms with Crippen LogP contribution in [0.1, 0.15) is 23.7 Å². The molecule has 1 aromatic heterocycles. The van der Waals surface area contributed by atoms with Gasteiger partial charge in [0.05, 0.1) is 17.3 Å². The smallest absolute Gasteiger partial charge is 0.0708 e. The van der Waals surface area contributed by atoms with Crippen LogP contribution in [0.25, 0.3) is 10.9 Å². The maximum absolute atomic E-state index is 5.38. The van der Waals surface area contributed by atoms with Crippen LogP contribution in [0, 0.1) is 19.3 Å². The molecular weight excluding hydrogens is 208 g/mol. The first-order valence-electron chi connectivity index (χ1n) is 5.73. The Kier molecular flexibility index (Phi) is 3.41. The van der Waals surface area contributed by atoms with E-state index in [0.717, 1.165) is 11.2 Å². The van der Waals surface area contributed by atoms with Gasteiger partial charge in [-0.25, -0.2) is 0 Å². The second kappa shape index (κ2) is 4.99. The number of nitrogens with one attached hydrogen (secondary N) is 1. The molecule has 1 atom stereocenters. The summed E-state index contributed by atoms with van der Waals surface area (Å²) in [5.74, 6) is 2.68. The van der Waals surface area contributed by atoms with Gasteiger partial charge in [0.15, 0.2) is 0 Å². The van der Waals surface area contributed by atoms with Crippen LogP contribution in [0.15, 0.2) is 30.3 Å². The number of terminal acetylenes is 1. The molecule has 0 aliphatic carbocycles. The molecule has 1 aromatic carbocycles. The van der Waals surface area contributed by atoms with Gasteiger partial charge in [-0.05, 0) is 31.7 Å². The first-order chi connectivity index (χ1) is 8.26. The first kappa shape index (κ1) is 11.6. The Morgan fingerprint density at radius 1 is 1.41 bits per heavy atom. The first-order valence-corrected chi connectivity index (χ1v) is 5.73. The lowest BCUT2D eigenvalue weighted by atomic mass is 10.0. The van der Waals surface area contributed by atoms with Gasteiger partial charge in [-0.1, -0.05) is 18.2 Å². The number of hydrogen-bond donors (Lipinski definition) is 1. The predicted molar refractivity (Wildman–Crippen MR) is 71.7 cm³/mol. The summed E-state index contributed by atoms with van der Waals surface area (Å²) < 4.78 is 0. The van der Waals surface area contributed by atoms with Crippen LogP contribution in [-0.2, 0) is 0 Å². The molecule has 0 bridgehead atoms. The summed E-state index contributed by atoms with van der Waals surface area (Å²) in [7, 11) is 1.91. The molecule has 2 heteroatoms. The van der Waals surface area contributed by atoms with Crippen molar-refractivity contribution in [2.75, 3.05) is 7.05 Å². The number of nitrogens with zero attached hydrogens (tertiary/aromatic N) is 1. The molecule has 0 aliphatic rings. The van der Waals surface area contributed by atoms with Crippen LogP contribution >= 0.6 is 0 Å². The molecule has 0 fully saturated rings. The summed E-state index contributed by atoms with van der Waals surface area (Å²) in [6.45, 7) is 2.11. The average molecular weight is 224 g/mol. The minimum Gasteiger partial charge on any atom is -0.311 e. The van der Waals surface area contributed by atoms with Crippen molar-refractivity contribution in [3.05, 3.63) is 41.6 Å². The Morgan fingerprint density at radius 2 is 2.18 bits per heavy atom. The Hall–Kier alpha value is -1.85. The van der Waals surface area contributed by atoms with Crippen LogP contribution in [-0.4, -0.2) is 12.0 Å². The zero-order valence-electron chi connectivity index (χ0n) is 10.2. The summed E-state index contributed by atoms with van der Waals surface area (Å²) in [4.78, 5) is 4.67. The van der Waals surface area contributed by atoms with Gasteiger partial charge in [-0.2, -0.15) is 0 Å². The molecule has 2 rings (SSSR count). The predicted octanol–water partition coefficient (Wildman–Crippen LogP) is 2.83. The SMILES string of the molecule is C#CCC(NC)c1cc(C)c2ccccc2n1. The van der Waals surface area contributed by atoms with E-state index >= 15 is 0 Å². The van der Waals surface area contributed by atoms with Crippen molar-refractivity contribution in [3.8, 4) is 12.3 Å². The van der Waals surface area contributed by atoms with Crippen molar-refractivity contribution < 1.29 is 0 Å². The summed E-state index contributed by atoms with van der Waals surface area (Å²) in [6.07, 6.45) is 6.03. The summed E-state index contributed by atoms with van der Waals surface area (Å²) >= 11 is 0. The van der Waals surface area contributed by atoms with Crippen LogP contribution in [0.5, 0.6) is 0 Å². The van der Waals surface area contributed by atoms with Crippen LogP contribution in [0.3, 0.4) is 0 Å². The topological polar surface area (TPSA) is 24.9 Å². The number of hydrogen-bond acceptors (Lipinski definition) is 2. The lowest BCUT2D eigenvalue weighted by Crippen LogP contribution is -2.17. The Bertz CT molecular complexity index is 567. The zero-order chi connectivity index (χ0) is 12.3. The van der Waals surface area contributed by atoms with Gasteiger partial charge >= 0.3 is 0 Å². The second-order valence-electron chi connectivity index (χ2n) is 4.13. The molecule has 0 aliphatic heterocycles. The molecule has 0 saturated carbocycles. The number of aryl methyl sites for hydroxylation is 1. The van der Waals surface area contributed by atoms with E-state index in [0.29, 0.717) is 6.42 Å². The fourth-order valence-electron chi connectivity index (χ4n) is 2.03. The number of rotatable bonds is 3. The van der Waals surface area contributed by atoms with Gasteiger partial charge < -0.3 is 5.32 Å². The minimum absolute atomic E-state index is 0.128. The third-order valence-corrected chi connectivity index (χ3v) is 2.97. The van der Waals surface area contributed by atoms with Crippen LogP contribution < -0.4 is 5.32 Å². The second-order valence-corrected chi connectivity index (χ2v) is 4.13. The van der Waals surface area contributed by atoms with Gasteiger partial charge in [-0.15, -0.1) is 12.3 Å². The molecule has 2 aromatic rings. The highest BCUT2D eigenvalue weighted by molar-refractivity contribution is 5.82. The van der Waals surface area contributed by atoms with Crippen molar-refractivity contribution >= 4 is 10.9 Å². The minimum atomic E-state index is 0.128. The summed E-state index contributed by atoms with van der Waals surface area (Å²) in [5, 5.41) is 4.41. The molecule has 0 radical (unpaired) electrons. The molecule has 0 saturated heterocycles. The van der Waals surface area contributed by atoms with E-state index in [2.05, 4.69) is 35.3 Å². The molecule has 0 amide bonds. The number of aromatic nitrogens is 1. The van der Waals surface area contributed by atoms with E-state index in [-0.39, 0.29) is 6.04 Å². The largest absolute Gasteiger partial charge is 0.311 e. The van der Waals surface area contributed by atoms with Gasteiger partial charge in [0, 0.05) is 11.8 Å². The fourth-order valence-corrected chi connectivity index (χ4v) is 2.03. The van der Waals surface area contributed by atoms with Gasteiger partial charge in [0.25, 0.3) is 0 Å². The molecule has 1 unspecified atom stereocenters. The normalized spacial score (nSPS) is 12.3. The molecular formula is C15H16N2. The molecule has 2 nitrogen and oxygen atoms in total. The fraction of sp³-hybridized carbons (Fsp3) is 0.267.